The molecule has 1 N–H and O–H groups in total. The summed E-state index contributed by atoms with van der Waals surface area (Å²) in [4.78, 5) is 23.7. The molecule has 0 aromatic carbocycles. The van der Waals surface area contributed by atoms with Gasteiger partial charge in [0.25, 0.3) is 6.29 Å². The smallest absolute Gasteiger partial charge is 0.338 e. The number of hydrogen-bond donors (Lipinski definition) is 1. The second-order valence-electron chi connectivity index (χ2n) is 7.56. The summed E-state index contributed by atoms with van der Waals surface area (Å²) in [5.74, 6) is -0.881. The maximum absolute atomic E-state index is 12.3. The molecule has 0 aromatic heterocycles. The molecule has 6 heteroatoms. The van der Waals surface area contributed by atoms with Crippen molar-refractivity contribution in [2.45, 2.75) is 51.9 Å². The van der Waals surface area contributed by atoms with Crippen molar-refractivity contribution in [1.29, 1.82) is 0 Å². The van der Waals surface area contributed by atoms with Gasteiger partial charge >= 0.3 is 11.9 Å². The van der Waals surface area contributed by atoms with Crippen LogP contribution in [0.4, 0.5) is 0 Å². The number of fused-ring (bicyclic) bond motifs is 2. The Hall–Kier alpha value is -2.08. The Morgan fingerprint density at radius 3 is 2.84 bits per heavy atom. The quantitative estimate of drug-likeness (QED) is 0.365. The molecular weight excluding hydrogens is 324 g/mol. The molecule has 4 rings (SSSR count). The van der Waals surface area contributed by atoms with E-state index in [1.165, 1.54) is 11.8 Å². The Labute approximate surface area is 146 Å². The molecule has 0 amide bonds. The van der Waals surface area contributed by atoms with Gasteiger partial charge in [0.2, 0.25) is 0 Å². The molecular formula is C19H22O6. The largest absolute Gasteiger partial charge is 0.458 e. The van der Waals surface area contributed by atoms with Crippen LogP contribution in [0.5, 0.6) is 0 Å². The zero-order valence-electron chi connectivity index (χ0n) is 14.4. The third kappa shape index (κ3) is 2.51. The SMILES string of the molecule is CC1=C[C@H](O/C=C2\C(=O)O[C@@H]3C4=C(CCC[C@@]4(C)CO)C[C@H]23)OC1=O. The molecule has 4 aliphatic rings. The number of aliphatic hydroxyl groups is 1. The standard InChI is InChI=1S/C19H22O6/c1-10-6-14(24-17(10)21)23-8-13-12-7-11-4-3-5-19(2,9-20)15(11)16(12)25-18(13)22/h6,8,12,14,16,20H,3-5,7,9H2,1-2H3/b13-8-/t12-,14-,16+,19+/m1/s1. The summed E-state index contributed by atoms with van der Waals surface area (Å²) in [5, 5.41) is 9.88. The first-order chi connectivity index (χ1) is 11.9. The molecule has 134 valence electrons. The van der Waals surface area contributed by atoms with Gasteiger partial charge in [0.05, 0.1) is 18.4 Å². The molecule has 0 spiro atoms. The van der Waals surface area contributed by atoms with Crippen molar-refractivity contribution in [3.8, 4) is 0 Å². The Morgan fingerprint density at radius 2 is 2.16 bits per heavy atom. The maximum Gasteiger partial charge on any atom is 0.338 e. The summed E-state index contributed by atoms with van der Waals surface area (Å²) in [6.45, 7) is 3.76. The first-order valence-electron chi connectivity index (χ1n) is 8.72. The summed E-state index contributed by atoms with van der Waals surface area (Å²) in [7, 11) is 0. The van der Waals surface area contributed by atoms with Gasteiger partial charge in [-0.2, -0.15) is 0 Å². The monoisotopic (exact) mass is 346 g/mol. The van der Waals surface area contributed by atoms with Crippen LogP contribution in [0.2, 0.25) is 0 Å². The summed E-state index contributed by atoms with van der Waals surface area (Å²) in [5.41, 5.74) is 3.07. The Morgan fingerprint density at radius 1 is 1.36 bits per heavy atom. The predicted molar refractivity (Wildman–Crippen MR) is 86.9 cm³/mol. The zero-order valence-corrected chi connectivity index (χ0v) is 14.4. The van der Waals surface area contributed by atoms with Crippen molar-refractivity contribution in [2.24, 2.45) is 11.3 Å². The van der Waals surface area contributed by atoms with Crippen molar-refractivity contribution >= 4 is 11.9 Å². The zero-order chi connectivity index (χ0) is 17.8. The number of carbonyl (C=O) groups is 2. The van der Waals surface area contributed by atoms with Crippen molar-refractivity contribution in [3.63, 3.8) is 0 Å². The molecule has 0 saturated carbocycles. The molecule has 2 aliphatic heterocycles. The van der Waals surface area contributed by atoms with Gasteiger partial charge in [0, 0.05) is 23.0 Å². The molecule has 0 radical (unpaired) electrons. The summed E-state index contributed by atoms with van der Waals surface area (Å²) >= 11 is 0. The molecule has 0 aromatic rings. The highest BCUT2D eigenvalue weighted by atomic mass is 16.7. The van der Waals surface area contributed by atoms with E-state index in [1.807, 2.05) is 6.92 Å². The summed E-state index contributed by atoms with van der Waals surface area (Å²) in [6, 6.07) is 0. The number of cyclic esters (lactones) is 1. The molecule has 4 atom stereocenters. The first-order valence-corrected chi connectivity index (χ1v) is 8.72. The maximum atomic E-state index is 12.3. The average Bonchev–Trinajstić information content (AvgIpc) is 3.18. The van der Waals surface area contributed by atoms with E-state index in [1.54, 1.807) is 13.0 Å². The molecule has 1 saturated heterocycles. The van der Waals surface area contributed by atoms with Gasteiger partial charge in [-0.05, 0) is 38.2 Å². The third-order valence-corrected chi connectivity index (χ3v) is 5.83. The van der Waals surface area contributed by atoms with Crippen molar-refractivity contribution in [2.75, 3.05) is 6.61 Å². The molecule has 0 unspecified atom stereocenters. The number of rotatable bonds is 3. The molecule has 2 aliphatic carbocycles. The van der Waals surface area contributed by atoms with Gasteiger partial charge in [-0.1, -0.05) is 12.5 Å². The van der Waals surface area contributed by atoms with E-state index >= 15 is 0 Å². The van der Waals surface area contributed by atoms with Crippen LogP contribution in [0.3, 0.4) is 0 Å². The van der Waals surface area contributed by atoms with E-state index in [4.69, 9.17) is 14.2 Å². The molecule has 2 heterocycles. The Bertz CT molecular complexity index is 730. The number of carbonyl (C=O) groups excluding carboxylic acids is 2. The van der Waals surface area contributed by atoms with Crippen LogP contribution in [0, 0.1) is 11.3 Å². The van der Waals surface area contributed by atoms with Gasteiger partial charge in [0.15, 0.2) is 0 Å². The normalized spacial score (nSPS) is 38.4. The van der Waals surface area contributed by atoms with Crippen LogP contribution >= 0.6 is 0 Å². The minimum atomic E-state index is -0.793. The number of allylic oxidation sites excluding steroid dienone is 1. The van der Waals surface area contributed by atoms with Crippen LogP contribution in [-0.4, -0.2) is 36.0 Å². The van der Waals surface area contributed by atoms with E-state index in [-0.39, 0.29) is 24.0 Å². The van der Waals surface area contributed by atoms with Crippen LogP contribution in [0.15, 0.2) is 34.6 Å². The minimum absolute atomic E-state index is 0.0598. The van der Waals surface area contributed by atoms with Gasteiger partial charge < -0.3 is 19.3 Å². The fraction of sp³-hybridized carbons (Fsp3) is 0.579. The van der Waals surface area contributed by atoms with Gasteiger partial charge in [-0.3, -0.25) is 0 Å². The number of aliphatic hydroxyl groups excluding tert-OH is 1. The number of ether oxygens (including phenoxy) is 3. The highest BCUT2D eigenvalue weighted by Crippen LogP contribution is 2.54. The topological polar surface area (TPSA) is 82.1 Å². The number of esters is 2. The van der Waals surface area contributed by atoms with Gasteiger partial charge in [-0.15, -0.1) is 0 Å². The summed E-state index contributed by atoms with van der Waals surface area (Å²) < 4.78 is 16.2. The molecule has 6 nitrogen and oxygen atoms in total. The minimum Gasteiger partial charge on any atom is -0.458 e. The third-order valence-electron chi connectivity index (χ3n) is 5.83. The second-order valence-corrected chi connectivity index (χ2v) is 7.56. The fourth-order valence-electron chi connectivity index (χ4n) is 4.48. The number of hydrogen-bond acceptors (Lipinski definition) is 6. The van der Waals surface area contributed by atoms with E-state index in [2.05, 4.69) is 0 Å². The predicted octanol–water partition coefficient (Wildman–Crippen LogP) is 2.14. The molecule has 25 heavy (non-hydrogen) atoms. The lowest BCUT2D eigenvalue weighted by Crippen LogP contribution is -2.33. The molecule has 0 bridgehead atoms. The van der Waals surface area contributed by atoms with E-state index < -0.39 is 18.2 Å². The first kappa shape index (κ1) is 16.4. The fourth-order valence-corrected chi connectivity index (χ4v) is 4.48. The van der Waals surface area contributed by atoms with E-state index in [0.29, 0.717) is 11.1 Å². The van der Waals surface area contributed by atoms with E-state index in [0.717, 1.165) is 31.3 Å². The van der Waals surface area contributed by atoms with Crippen LogP contribution < -0.4 is 0 Å². The Kier molecular flexibility index (Phi) is 3.76. The summed E-state index contributed by atoms with van der Waals surface area (Å²) in [6.07, 6.45) is 5.56. The van der Waals surface area contributed by atoms with Crippen LogP contribution in [-0.2, 0) is 23.8 Å². The van der Waals surface area contributed by atoms with Gasteiger partial charge in [0.1, 0.15) is 6.10 Å². The van der Waals surface area contributed by atoms with Crippen molar-refractivity contribution in [3.05, 3.63) is 34.6 Å². The highest BCUT2D eigenvalue weighted by molar-refractivity contribution is 5.92. The Balaban J connectivity index is 1.56. The molecule has 1 fully saturated rings. The average molecular weight is 346 g/mol. The lowest BCUT2D eigenvalue weighted by molar-refractivity contribution is -0.152. The van der Waals surface area contributed by atoms with Gasteiger partial charge in [-0.25, -0.2) is 9.59 Å². The highest BCUT2D eigenvalue weighted by Gasteiger charge is 2.53. The second kappa shape index (κ2) is 5.73. The van der Waals surface area contributed by atoms with Crippen molar-refractivity contribution in [1.82, 2.24) is 0 Å². The van der Waals surface area contributed by atoms with Crippen LogP contribution in [0.25, 0.3) is 0 Å². The van der Waals surface area contributed by atoms with E-state index in [9.17, 15) is 14.7 Å². The van der Waals surface area contributed by atoms with Crippen LogP contribution in [0.1, 0.15) is 39.5 Å². The lowest BCUT2D eigenvalue weighted by Gasteiger charge is -2.36. The van der Waals surface area contributed by atoms with Crippen molar-refractivity contribution < 1.29 is 28.9 Å². The lowest BCUT2D eigenvalue weighted by atomic mass is 9.71.